The van der Waals surface area contributed by atoms with Gasteiger partial charge in [0.1, 0.15) is 6.10 Å². The number of ether oxygens (including phenoxy) is 2. The van der Waals surface area contributed by atoms with E-state index in [0.29, 0.717) is 25.5 Å². The van der Waals surface area contributed by atoms with Gasteiger partial charge < -0.3 is 30.3 Å². The van der Waals surface area contributed by atoms with Crippen LogP contribution in [-0.2, 0) is 23.9 Å². The van der Waals surface area contributed by atoms with E-state index in [4.69, 9.17) is 14.6 Å². The third-order valence-corrected chi connectivity index (χ3v) is 4.97. The second kappa shape index (κ2) is 11.0. The Morgan fingerprint density at radius 2 is 1.81 bits per heavy atom. The zero-order valence-electron chi connectivity index (χ0n) is 16.1. The van der Waals surface area contributed by atoms with E-state index >= 15 is 0 Å². The van der Waals surface area contributed by atoms with Crippen molar-refractivity contribution in [3.8, 4) is 0 Å². The molecule has 1 aliphatic heterocycles. The Morgan fingerprint density at radius 3 is 2.41 bits per heavy atom. The summed E-state index contributed by atoms with van der Waals surface area (Å²) in [6, 6.07) is 0. The Balaban J connectivity index is 2.12. The van der Waals surface area contributed by atoms with E-state index in [9.17, 15) is 19.5 Å². The molecule has 0 aromatic carbocycles. The van der Waals surface area contributed by atoms with E-state index in [0.717, 1.165) is 11.8 Å². The fraction of sp³-hybridized carbons (Fsp3) is 0.824. The Labute approximate surface area is 163 Å². The second-order valence-electron chi connectivity index (χ2n) is 7.17. The Bertz CT molecular complexity index is 521. The molecule has 4 N–H and O–H groups in total. The highest BCUT2D eigenvalue weighted by Crippen LogP contribution is 2.25. The number of nitrogens with one attached hydrogen (secondary N) is 2. The van der Waals surface area contributed by atoms with E-state index in [-0.39, 0.29) is 37.0 Å². The van der Waals surface area contributed by atoms with Crippen LogP contribution in [0.2, 0.25) is 0 Å². The van der Waals surface area contributed by atoms with Gasteiger partial charge in [-0.25, -0.2) is 0 Å². The summed E-state index contributed by atoms with van der Waals surface area (Å²) in [5.74, 6) is -1.32. The van der Waals surface area contributed by atoms with Crippen LogP contribution in [0.3, 0.4) is 0 Å². The molecule has 1 atom stereocenters. The molecular weight excluding hydrogens is 376 g/mol. The zero-order chi connectivity index (χ0) is 20.5. The van der Waals surface area contributed by atoms with Crippen molar-refractivity contribution in [2.24, 2.45) is 5.41 Å². The van der Waals surface area contributed by atoms with Gasteiger partial charge in [0.05, 0.1) is 26.2 Å². The van der Waals surface area contributed by atoms with Crippen molar-refractivity contribution in [1.29, 1.82) is 0 Å². The summed E-state index contributed by atoms with van der Waals surface area (Å²) in [6.45, 7) is 5.88. The van der Waals surface area contributed by atoms with Crippen LogP contribution in [0.5, 0.6) is 0 Å². The van der Waals surface area contributed by atoms with Gasteiger partial charge in [-0.3, -0.25) is 14.4 Å². The standard InChI is InChI=1S/C17H30N2O7S/c1-16(2,11-20)14(23)15(24)19-5-4-12(21)18-6-9-27-13(22)10-17(3)25-7-8-26-17/h14,20,23H,4-11H2,1-3H3,(H,18,21)(H,19,24)/t14-/m0/s1. The first-order valence-corrected chi connectivity index (χ1v) is 9.85. The van der Waals surface area contributed by atoms with Gasteiger partial charge in [0.2, 0.25) is 11.8 Å². The summed E-state index contributed by atoms with van der Waals surface area (Å²) in [4.78, 5) is 35.4. The summed E-state index contributed by atoms with van der Waals surface area (Å²) in [7, 11) is 0. The first-order chi connectivity index (χ1) is 12.6. The fourth-order valence-electron chi connectivity index (χ4n) is 2.25. The fourth-order valence-corrected chi connectivity index (χ4v) is 3.05. The molecular formula is C17H30N2O7S. The normalized spacial score (nSPS) is 17.4. The Morgan fingerprint density at radius 1 is 1.19 bits per heavy atom. The molecule has 9 nitrogen and oxygen atoms in total. The van der Waals surface area contributed by atoms with Crippen LogP contribution in [0, 0.1) is 5.41 Å². The Hall–Kier alpha value is -1.20. The highest BCUT2D eigenvalue weighted by atomic mass is 32.2. The predicted octanol–water partition coefficient (Wildman–Crippen LogP) is -0.599. The van der Waals surface area contributed by atoms with E-state index in [1.807, 2.05) is 0 Å². The molecule has 0 unspecified atom stereocenters. The maximum atomic E-state index is 11.9. The van der Waals surface area contributed by atoms with Gasteiger partial charge >= 0.3 is 0 Å². The lowest BCUT2D eigenvalue weighted by molar-refractivity contribution is -0.153. The molecule has 1 saturated heterocycles. The smallest absolute Gasteiger partial charge is 0.249 e. The number of amides is 2. The SMILES string of the molecule is CC1(CC(=O)SCCNC(=O)CCNC(=O)[C@H](O)C(C)(C)CO)OCCO1. The number of aliphatic hydroxyl groups is 2. The molecule has 0 aromatic heterocycles. The minimum absolute atomic E-state index is 0.0520. The molecule has 156 valence electrons. The molecule has 0 bridgehead atoms. The Kier molecular flexibility index (Phi) is 9.68. The molecule has 0 aliphatic carbocycles. The first-order valence-electron chi connectivity index (χ1n) is 8.86. The van der Waals surface area contributed by atoms with Crippen LogP contribution in [0.1, 0.15) is 33.6 Å². The van der Waals surface area contributed by atoms with E-state index in [2.05, 4.69) is 10.6 Å². The van der Waals surface area contributed by atoms with Crippen molar-refractivity contribution >= 4 is 28.7 Å². The molecule has 1 rings (SSSR count). The van der Waals surface area contributed by atoms with Crippen molar-refractivity contribution in [3.05, 3.63) is 0 Å². The number of aliphatic hydroxyl groups excluding tert-OH is 2. The van der Waals surface area contributed by atoms with E-state index < -0.39 is 23.2 Å². The lowest BCUT2D eigenvalue weighted by Gasteiger charge is -2.27. The highest BCUT2D eigenvalue weighted by Gasteiger charge is 2.34. The van der Waals surface area contributed by atoms with Gasteiger partial charge in [-0.1, -0.05) is 25.6 Å². The molecule has 27 heavy (non-hydrogen) atoms. The van der Waals surface area contributed by atoms with Crippen LogP contribution < -0.4 is 10.6 Å². The van der Waals surface area contributed by atoms with Gasteiger partial charge in [0.15, 0.2) is 10.9 Å². The molecule has 1 fully saturated rings. The number of carbonyl (C=O) groups excluding carboxylic acids is 3. The second-order valence-corrected chi connectivity index (χ2v) is 8.32. The molecule has 1 heterocycles. The first kappa shape index (κ1) is 23.8. The highest BCUT2D eigenvalue weighted by molar-refractivity contribution is 8.13. The van der Waals surface area contributed by atoms with Crippen LogP contribution in [-0.4, -0.2) is 77.7 Å². The quantitative estimate of drug-likeness (QED) is 0.334. The van der Waals surface area contributed by atoms with Gasteiger partial charge in [-0.15, -0.1) is 0 Å². The van der Waals surface area contributed by atoms with Crippen LogP contribution in [0.4, 0.5) is 0 Å². The monoisotopic (exact) mass is 406 g/mol. The summed E-state index contributed by atoms with van der Waals surface area (Å²) in [6.07, 6.45) is -1.15. The average molecular weight is 407 g/mol. The van der Waals surface area contributed by atoms with E-state index in [1.54, 1.807) is 20.8 Å². The third-order valence-electron chi connectivity index (χ3n) is 4.10. The number of rotatable bonds is 11. The molecule has 0 spiro atoms. The molecule has 0 radical (unpaired) electrons. The van der Waals surface area contributed by atoms with Crippen LogP contribution in [0.15, 0.2) is 0 Å². The van der Waals surface area contributed by atoms with Gasteiger partial charge in [-0.05, 0) is 6.92 Å². The molecule has 1 aliphatic rings. The average Bonchev–Trinajstić information content (AvgIpc) is 3.03. The largest absolute Gasteiger partial charge is 0.396 e. The summed E-state index contributed by atoms with van der Waals surface area (Å²) in [5.41, 5.74) is -0.957. The molecule has 0 aromatic rings. The van der Waals surface area contributed by atoms with Crippen LogP contribution in [0.25, 0.3) is 0 Å². The summed E-state index contributed by atoms with van der Waals surface area (Å²) < 4.78 is 10.7. The van der Waals surface area contributed by atoms with Crippen molar-refractivity contribution in [2.45, 2.75) is 45.5 Å². The zero-order valence-corrected chi connectivity index (χ0v) is 16.9. The number of carbonyl (C=O) groups is 3. The molecule has 2 amide bonds. The number of hydrogen-bond donors (Lipinski definition) is 4. The number of hydrogen-bond acceptors (Lipinski definition) is 8. The third kappa shape index (κ3) is 8.56. The summed E-state index contributed by atoms with van der Waals surface area (Å²) in [5, 5.41) is 24.0. The van der Waals surface area contributed by atoms with Gasteiger partial charge in [0.25, 0.3) is 0 Å². The maximum Gasteiger partial charge on any atom is 0.249 e. The van der Waals surface area contributed by atoms with Crippen molar-refractivity contribution in [2.75, 3.05) is 38.7 Å². The topological polar surface area (TPSA) is 134 Å². The minimum atomic E-state index is -1.36. The predicted molar refractivity (Wildman–Crippen MR) is 99.9 cm³/mol. The number of thioether (sulfide) groups is 1. The van der Waals surface area contributed by atoms with E-state index in [1.165, 1.54) is 0 Å². The van der Waals surface area contributed by atoms with Crippen molar-refractivity contribution in [1.82, 2.24) is 10.6 Å². The maximum absolute atomic E-state index is 11.9. The van der Waals surface area contributed by atoms with Crippen molar-refractivity contribution < 1.29 is 34.1 Å². The minimum Gasteiger partial charge on any atom is -0.396 e. The van der Waals surface area contributed by atoms with Crippen molar-refractivity contribution in [3.63, 3.8) is 0 Å². The molecule has 0 saturated carbocycles. The van der Waals surface area contributed by atoms with Gasteiger partial charge in [0, 0.05) is 30.7 Å². The summed E-state index contributed by atoms with van der Waals surface area (Å²) >= 11 is 1.10. The van der Waals surface area contributed by atoms with Crippen LogP contribution >= 0.6 is 11.8 Å². The molecule has 10 heteroatoms. The lowest BCUT2D eigenvalue weighted by atomic mass is 9.87. The van der Waals surface area contributed by atoms with Gasteiger partial charge in [-0.2, -0.15) is 0 Å². The lowest BCUT2D eigenvalue weighted by Crippen LogP contribution is -2.46.